The molecule has 4 nitrogen and oxygen atoms in total. The molecular formula is C13H8F2N2O2S. The van der Waals surface area contributed by atoms with Crippen molar-refractivity contribution in [1.82, 2.24) is 10.1 Å². The van der Waals surface area contributed by atoms with Crippen molar-refractivity contribution in [2.75, 3.05) is 0 Å². The second kappa shape index (κ2) is 5.01. The lowest BCUT2D eigenvalue weighted by atomic mass is 10.1. The van der Waals surface area contributed by atoms with E-state index in [-0.39, 0.29) is 23.9 Å². The summed E-state index contributed by atoms with van der Waals surface area (Å²) in [6.07, 6.45) is 0.143. The third kappa shape index (κ3) is 2.53. The molecule has 0 spiro atoms. The maximum atomic E-state index is 13.1. The largest absolute Gasteiger partial charge is 0.506 e. The van der Waals surface area contributed by atoms with Crippen molar-refractivity contribution >= 4 is 11.3 Å². The predicted octanol–water partition coefficient (Wildman–Crippen LogP) is 3.37. The third-order valence-corrected chi connectivity index (χ3v) is 3.48. The Kier molecular flexibility index (Phi) is 3.19. The lowest BCUT2D eigenvalue weighted by Crippen LogP contribution is -1.93. The van der Waals surface area contributed by atoms with Gasteiger partial charge in [0.05, 0.1) is 0 Å². The molecule has 0 aliphatic carbocycles. The minimum atomic E-state index is -0.653. The standard InChI is InChI=1S/C13H8F2N2O2S/c14-8-3-7(4-9(15)6-8)5-11-16-13(19-17-11)12-10(18)1-2-20-12/h1-4,6,18H,5H2. The Labute approximate surface area is 116 Å². The first kappa shape index (κ1) is 12.7. The molecule has 0 aliphatic rings. The highest BCUT2D eigenvalue weighted by Crippen LogP contribution is 2.33. The van der Waals surface area contributed by atoms with E-state index in [1.807, 2.05) is 0 Å². The number of hydrogen-bond acceptors (Lipinski definition) is 5. The van der Waals surface area contributed by atoms with Crippen molar-refractivity contribution in [2.24, 2.45) is 0 Å². The summed E-state index contributed by atoms with van der Waals surface area (Å²) in [5, 5.41) is 15.0. The molecule has 0 bridgehead atoms. The minimum Gasteiger partial charge on any atom is -0.506 e. The summed E-state index contributed by atoms with van der Waals surface area (Å²) in [5.41, 5.74) is 0.408. The van der Waals surface area contributed by atoms with Crippen LogP contribution >= 0.6 is 11.3 Å². The highest BCUT2D eigenvalue weighted by molar-refractivity contribution is 7.13. The lowest BCUT2D eigenvalue weighted by Gasteiger charge is -1.97. The summed E-state index contributed by atoms with van der Waals surface area (Å²) < 4.78 is 31.2. The first-order valence-corrected chi connectivity index (χ1v) is 6.54. The topological polar surface area (TPSA) is 59.2 Å². The molecule has 0 aliphatic heterocycles. The molecule has 102 valence electrons. The van der Waals surface area contributed by atoms with Crippen LogP contribution in [0.1, 0.15) is 11.4 Å². The van der Waals surface area contributed by atoms with Gasteiger partial charge < -0.3 is 9.63 Å². The van der Waals surface area contributed by atoms with Crippen LogP contribution in [0.25, 0.3) is 10.8 Å². The van der Waals surface area contributed by atoms with Gasteiger partial charge in [-0.2, -0.15) is 4.98 Å². The van der Waals surface area contributed by atoms with Crippen molar-refractivity contribution in [3.8, 4) is 16.5 Å². The Morgan fingerprint density at radius 2 is 1.95 bits per heavy atom. The maximum absolute atomic E-state index is 13.1. The molecule has 3 rings (SSSR count). The van der Waals surface area contributed by atoms with E-state index in [2.05, 4.69) is 10.1 Å². The van der Waals surface area contributed by atoms with Gasteiger partial charge in [-0.05, 0) is 29.1 Å². The van der Waals surface area contributed by atoms with E-state index in [4.69, 9.17) is 4.52 Å². The van der Waals surface area contributed by atoms with E-state index in [0.29, 0.717) is 10.4 Å². The number of benzene rings is 1. The average Bonchev–Trinajstić information content (AvgIpc) is 2.96. The molecule has 0 unspecified atom stereocenters. The van der Waals surface area contributed by atoms with Crippen molar-refractivity contribution in [3.05, 3.63) is 52.7 Å². The molecule has 2 heterocycles. The number of nitrogens with zero attached hydrogens (tertiary/aromatic N) is 2. The molecule has 2 aromatic heterocycles. The molecule has 3 aromatic rings. The first-order valence-electron chi connectivity index (χ1n) is 5.66. The number of rotatable bonds is 3. The summed E-state index contributed by atoms with van der Waals surface area (Å²) in [4.78, 5) is 4.56. The van der Waals surface area contributed by atoms with Crippen molar-refractivity contribution < 1.29 is 18.4 Å². The van der Waals surface area contributed by atoms with Gasteiger partial charge >= 0.3 is 0 Å². The second-order valence-electron chi connectivity index (χ2n) is 4.11. The molecule has 0 saturated carbocycles. The van der Waals surface area contributed by atoms with E-state index < -0.39 is 11.6 Å². The lowest BCUT2D eigenvalue weighted by molar-refractivity contribution is 0.420. The SMILES string of the molecule is Oc1ccsc1-c1nc(Cc2cc(F)cc(F)c2)no1. The fourth-order valence-corrected chi connectivity index (χ4v) is 2.48. The fraction of sp³-hybridized carbons (Fsp3) is 0.0769. The van der Waals surface area contributed by atoms with Gasteiger partial charge in [0.15, 0.2) is 5.82 Å². The molecule has 0 amide bonds. The fourth-order valence-electron chi connectivity index (χ4n) is 1.78. The normalized spacial score (nSPS) is 10.9. The Bertz CT molecular complexity index is 734. The van der Waals surface area contributed by atoms with Crippen LogP contribution in [0.4, 0.5) is 8.78 Å². The molecular weight excluding hydrogens is 286 g/mol. The van der Waals surface area contributed by atoms with Gasteiger partial charge in [-0.1, -0.05) is 5.16 Å². The summed E-state index contributed by atoms with van der Waals surface area (Å²) in [7, 11) is 0. The van der Waals surface area contributed by atoms with Gasteiger partial charge in [0, 0.05) is 12.5 Å². The maximum Gasteiger partial charge on any atom is 0.271 e. The van der Waals surface area contributed by atoms with Crippen LogP contribution in [0.5, 0.6) is 5.75 Å². The summed E-state index contributed by atoms with van der Waals surface area (Å²) in [6, 6.07) is 4.74. The van der Waals surface area contributed by atoms with Gasteiger partial charge in [0.1, 0.15) is 22.3 Å². The van der Waals surface area contributed by atoms with Crippen LogP contribution in [-0.4, -0.2) is 15.2 Å². The number of hydrogen-bond donors (Lipinski definition) is 1. The van der Waals surface area contributed by atoms with Crippen LogP contribution in [0.3, 0.4) is 0 Å². The average molecular weight is 294 g/mol. The van der Waals surface area contributed by atoms with Gasteiger partial charge in [0.2, 0.25) is 0 Å². The summed E-state index contributed by atoms with van der Waals surface area (Å²) >= 11 is 1.26. The predicted molar refractivity (Wildman–Crippen MR) is 68.4 cm³/mol. The van der Waals surface area contributed by atoms with Crippen LogP contribution in [0.2, 0.25) is 0 Å². The highest BCUT2D eigenvalue weighted by atomic mass is 32.1. The van der Waals surface area contributed by atoms with Gasteiger partial charge in [0.25, 0.3) is 5.89 Å². The van der Waals surface area contributed by atoms with Gasteiger partial charge in [-0.15, -0.1) is 11.3 Å². The molecule has 20 heavy (non-hydrogen) atoms. The number of halogens is 2. The molecule has 0 saturated heterocycles. The number of aromatic nitrogens is 2. The van der Waals surface area contributed by atoms with Crippen molar-refractivity contribution in [2.45, 2.75) is 6.42 Å². The first-order chi connectivity index (χ1) is 9.61. The number of thiophene rings is 1. The molecule has 0 atom stereocenters. The van der Waals surface area contributed by atoms with Crippen molar-refractivity contribution in [1.29, 1.82) is 0 Å². The Hall–Kier alpha value is -2.28. The van der Waals surface area contributed by atoms with Crippen LogP contribution in [0.15, 0.2) is 34.2 Å². The Morgan fingerprint density at radius 1 is 1.20 bits per heavy atom. The quantitative estimate of drug-likeness (QED) is 0.804. The van der Waals surface area contributed by atoms with Gasteiger partial charge in [-0.3, -0.25) is 0 Å². The van der Waals surface area contributed by atoms with E-state index >= 15 is 0 Å². The monoisotopic (exact) mass is 294 g/mol. The number of aromatic hydroxyl groups is 1. The second-order valence-corrected chi connectivity index (χ2v) is 5.02. The van der Waals surface area contributed by atoms with E-state index in [1.54, 1.807) is 5.38 Å². The zero-order chi connectivity index (χ0) is 14.1. The van der Waals surface area contributed by atoms with E-state index in [0.717, 1.165) is 6.07 Å². The Morgan fingerprint density at radius 3 is 2.60 bits per heavy atom. The Balaban J connectivity index is 1.86. The molecule has 0 radical (unpaired) electrons. The van der Waals surface area contributed by atoms with E-state index in [9.17, 15) is 13.9 Å². The highest BCUT2D eigenvalue weighted by Gasteiger charge is 2.14. The van der Waals surface area contributed by atoms with Gasteiger partial charge in [-0.25, -0.2) is 8.78 Å². The molecule has 7 heteroatoms. The molecule has 1 aromatic carbocycles. The molecule has 1 N–H and O–H groups in total. The minimum absolute atomic E-state index is 0.0574. The summed E-state index contributed by atoms with van der Waals surface area (Å²) in [6.45, 7) is 0. The van der Waals surface area contributed by atoms with E-state index in [1.165, 1.54) is 29.5 Å². The zero-order valence-electron chi connectivity index (χ0n) is 10.0. The van der Waals surface area contributed by atoms with Crippen LogP contribution in [0, 0.1) is 11.6 Å². The van der Waals surface area contributed by atoms with Crippen LogP contribution in [-0.2, 0) is 6.42 Å². The summed E-state index contributed by atoms with van der Waals surface area (Å²) in [5.74, 6) is -0.775. The zero-order valence-corrected chi connectivity index (χ0v) is 10.8. The smallest absolute Gasteiger partial charge is 0.271 e. The third-order valence-electron chi connectivity index (χ3n) is 2.59. The van der Waals surface area contributed by atoms with Crippen molar-refractivity contribution in [3.63, 3.8) is 0 Å². The van der Waals surface area contributed by atoms with Crippen LogP contribution < -0.4 is 0 Å². The molecule has 0 fully saturated rings.